The molecule has 1 aromatic heterocycles. The first-order chi connectivity index (χ1) is 9.17. The fourth-order valence-electron chi connectivity index (χ4n) is 2.11. The van der Waals surface area contributed by atoms with E-state index >= 15 is 0 Å². The van der Waals surface area contributed by atoms with Crippen LogP contribution in [-0.4, -0.2) is 23.1 Å². The smallest absolute Gasteiger partial charge is 0.239 e. The third-order valence-corrected chi connectivity index (χ3v) is 3.10. The van der Waals surface area contributed by atoms with Crippen LogP contribution in [0.4, 0.5) is 0 Å². The van der Waals surface area contributed by atoms with Gasteiger partial charge >= 0.3 is 0 Å². The molecule has 1 atom stereocenters. The van der Waals surface area contributed by atoms with Gasteiger partial charge in [0, 0.05) is 12.0 Å². The van der Waals surface area contributed by atoms with Gasteiger partial charge in [-0.3, -0.25) is 19.7 Å². The number of aldehydes is 1. The van der Waals surface area contributed by atoms with Crippen LogP contribution in [0.1, 0.15) is 35.0 Å². The lowest BCUT2D eigenvalue weighted by Gasteiger charge is -2.17. The number of piperidine rings is 1. The number of nitrogens with one attached hydrogen (secondary N) is 1. The van der Waals surface area contributed by atoms with E-state index in [1.807, 2.05) is 0 Å². The number of amides is 2. The molecule has 2 heterocycles. The molecule has 0 bridgehead atoms. The van der Waals surface area contributed by atoms with Crippen molar-refractivity contribution in [2.75, 3.05) is 0 Å². The number of carbonyl (C=O) groups excluding carboxylic acids is 3. The Morgan fingerprint density at radius 2 is 2.21 bits per heavy atom. The van der Waals surface area contributed by atoms with Gasteiger partial charge in [0.1, 0.15) is 17.7 Å². The van der Waals surface area contributed by atoms with Crippen molar-refractivity contribution in [3.05, 3.63) is 29.7 Å². The molecule has 6 heteroatoms. The predicted octanol–water partition coefficient (Wildman–Crippen LogP) is 1.16. The Morgan fingerprint density at radius 1 is 1.37 bits per heavy atom. The average molecular weight is 258 g/mol. The van der Waals surface area contributed by atoms with Crippen molar-refractivity contribution in [3.8, 4) is 0 Å². The zero-order chi connectivity index (χ0) is 13.4. The van der Waals surface area contributed by atoms with Crippen LogP contribution in [0.2, 0.25) is 0 Å². The van der Waals surface area contributed by atoms with Crippen LogP contribution >= 0.6 is 0 Å². The molecule has 2 amide bonds. The largest absolute Gasteiger partial charge is 0.440 e. The van der Waals surface area contributed by atoms with Crippen LogP contribution in [0.25, 0.3) is 11.1 Å². The van der Waals surface area contributed by atoms with Gasteiger partial charge in [-0.15, -0.1) is 0 Å². The minimum Gasteiger partial charge on any atom is -0.440 e. The SMILES string of the molecule is O=Cc1ccc2nc(C3CCC(=O)NC3=O)oc2c1. The lowest BCUT2D eigenvalue weighted by molar-refractivity contribution is -0.134. The molecular formula is C13H10N2O4. The van der Waals surface area contributed by atoms with Crippen LogP contribution in [0.15, 0.2) is 22.6 Å². The number of imide groups is 1. The molecule has 1 aliphatic heterocycles. The number of hydrogen-bond acceptors (Lipinski definition) is 5. The Labute approximate surface area is 107 Å². The normalized spacial score (nSPS) is 19.5. The highest BCUT2D eigenvalue weighted by atomic mass is 16.3. The van der Waals surface area contributed by atoms with Gasteiger partial charge in [-0.05, 0) is 24.6 Å². The highest BCUT2D eigenvalue weighted by Crippen LogP contribution is 2.27. The lowest BCUT2D eigenvalue weighted by atomic mass is 9.98. The number of oxazole rings is 1. The molecule has 2 aromatic rings. The van der Waals surface area contributed by atoms with Gasteiger partial charge in [0.2, 0.25) is 17.7 Å². The first-order valence-corrected chi connectivity index (χ1v) is 5.87. The van der Waals surface area contributed by atoms with Crippen LogP contribution < -0.4 is 5.32 Å². The number of carbonyl (C=O) groups is 3. The van der Waals surface area contributed by atoms with Gasteiger partial charge in [-0.2, -0.15) is 0 Å². The van der Waals surface area contributed by atoms with Crippen LogP contribution in [0, 0.1) is 0 Å². The Bertz CT molecular complexity index is 689. The summed E-state index contributed by atoms with van der Waals surface area (Å²) in [6.07, 6.45) is 1.38. The first kappa shape index (κ1) is 11.6. The minimum absolute atomic E-state index is 0.273. The molecule has 0 aliphatic carbocycles. The van der Waals surface area contributed by atoms with E-state index in [1.54, 1.807) is 18.2 Å². The van der Waals surface area contributed by atoms with Crippen LogP contribution in [0.5, 0.6) is 0 Å². The number of hydrogen-bond donors (Lipinski definition) is 1. The van der Waals surface area contributed by atoms with Gasteiger partial charge in [0.15, 0.2) is 5.58 Å². The maximum absolute atomic E-state index is 11.7. The molecule has 1 saturated heterocycles. The van der Waals surface area contributed by atoms with Gasteiger partial charge in [-0.1, -0.05) is 0 Å². The molecule has 0 radical (unpaired) electrons. The highest BCUT2D eigenvalue weighted by molar-refractivity contribution is 6.00. The number of aromatic nitrogens is 1. The third kappa shape index (κ3) is 2.01. The summed E-state index contributed by atoms with van der Waals surface area (Å²) in [7, 11) is 0. The van der Waals surface area contributed by atoms with E-state index in [0.717, 1.165) is 0 Å². The molecule has 1 fully saturated rings. The zero-order valence-corrected chi connectivity index (χ0v) is 9.88. The van der Waals surface area contributed by atoms with Gasteiger partial charge < -0.3 is 4.42 Å². The zero-order valence-electron chi connectivity index (χ0n) is 9.88. The summed E-state index contributed by atoms with van der Waals surface area (Å²) in [6, 6.07) is 4.87. The topological polar surface area (TPSA) is 89.3 Å². The summed E-state index contributed by atoms with van der Waals surface area (Å²) in [5.74, 6) is -0.938. The minimum atomic E-state index is -0.551. The second-order valence-corrected chi connectivity index (χ2v) is 4.40. The molecule has 1 unspecified atom stereocenters. The van der Waals surface area contributed by atoms with Crippen LogP contribution in [0.3, 0.4) is 0 Å². The van der Waals surface area contributed by atoms with E-state index < -0.39 is 11.8 Å². The molecule has 19 heavy (non-hydrogen) atoms. The van der Waals surface area contributed by atoms with Crippen molar-refractivity contribution >= 4 is 29.2 Å². The van der Waals surface area contributed by atoms with E-state index in [-0.39, 0.29) is 18.2 Å². The van der Waals surface area contributed by atoms with E-state index in [1.165, 1.54) is 0 Å². The standard InChI is InChI=1S/C13H10N2O4/c16-6-7-1-3-9-10(5-7)19-13(14-9)8-2-4-11(17)15-12(8)18/h1,3,5-6,8H,2,4H2,(H,15,17,18). The van der Waals surface area contributed by atoms with Crippen molar-refractivity contribution < 1.29 is 18.8 Å². The Morgan fingerprint density at radius 3 is 2.95 bits per heavy atom. The Kier molecular flexibility index (Phi) is 2.63. The second kappa shape index (κ2) is 4.31. The summed E-state index contributed by atoms with van der Waals surface area (Å²) in [5.41, 5.74) is 1.54. The molecule has 1 N–H and O–H groups in total. The molecule has 0 spiro atoms. The summed E-state index contributed by atoms with van der Waals surface area (Å²) in [6.45, 7) is 0. The fraction of sp³-hybridized carbons (Fsp3) is 0.231. The molecule has 1 aromatic carbocycles. The summed E-state index contributed by atoms with van der Waals surface area (Å²) in [4.78, 5) is 37.7. The summed E-state index contributed by atoms with van der Waals surface area (Å²) in [5, 5.41) is 2.26. The average Bonchev–Trinajstić information content (AvgIpc) is 2.80. The molecule has 3 rings (SSSR count). The van der Waals surface area contributed by atoms with Crippen molar-refractivity contribution in [2.24, 2.45) is 0 Å². The lowest BCUT2D eigenvalue weighted by Crippen LogP contribution is -2.39. The first-order valence-electron chi connectivity index (χ1n) is 5.87. The Hall–Kier alpha value is -2.50. The summed E-state index contributed by atoms with van der Waals surface area (Å²) < 4.78 is 5.51. The number of rotatable bonds is 2. The van der Waals surface area contributed by atoms with E-state index in [0.29, 0.717) is 29.4 Å². The van der Waals surface area contributed by atoms with Crippen LogP contribution in [-0.2, 0) is 9.59 Å². The monoisotopic (exact) mass is 258 g/mol. The quantitative estimate of drug-likeness (QED) is 0.645. The summed E-state index contributed by atoms with van der Waals surface area (Å²) >= 11 is 0. The third-order valence-electron chi connectivity index (χ3n) is 3.10. The number of benzene rings is 1. The predicted molar refractivity (Wildman–Crippen MR) is 64.5 cm³/mol. The number of fused-ring (bicyclic) bond motifs is 1. The van der Waals surface area contributed by atoms with Crippen molar-refractivity contribution in [1.82, 2.24) is 10.3 Å². The maximum Gasteiger partial charge on any atom is 0.239 e. The van der Waals surface area contributed by atoms with Crippen molar-refractivity contribution in [1.29, 1.82) is 0 Å². The molecule has 0 saturated carbocycles. The van der Waals surface area contributed by atoms with Gasteiger partial charge in [0.25, 0.3) is 0 Å². The van der Waals surface area contributed by atoms with Crippen molar-refractivity contribution in [2.45, 2.75) is 18.8 Å². The van der Waals surface area contributed by atoms with Crippen molar-refractivity contribution in [3.63, 3.8) is 0 Å². The van der Waals surface area contributed by atoms with Gasteiger partial charge in [0.05, 0.1) is 0 Å². The number of nitrogens with zero attached hydrogens (tertiary/aromatic N) is 1. The van der Waals surface area contributed by atoms with E-state index in [2.05, 4.69) is 10.3 Å². The highest BCUT2D eigenvalue weighted by Gasteiger charge is 2.31. The van der Waals surface area contributed by atoms with Gasteiger partial charge in [-0.25, -0.2) is 4.98 Å². The van der Waals surface area contributed by atoms with E-state index in [9.17, 15) is 14.4 Å². The van der Waals surface area contributed by atoms with E-state index in [4.69, 9.17) is 4.42 Å². The molecule has 6 nitrogen and oxygen atoms in total. The molecule has 1 aliphatic rings. The second-order valence-electron chi connectivity index (χ2n) is 4.40. The molecule has 96 valence electrons. The maximum atomic E-state index is 11.7. The Balaban J connectivity index is 1.99. The fourth-order valence-corrected chi connectivity index (χ4v) is 2.11. The molecular weight excluding hydrogens is 248 g/mol.